The molecule has 3 nitrogen and oxygen atoms in total. The molecule has 116 valence electrons. The van der Waals surface area contributed by atoms with Gasteiger partial charge in [-0.05, 0) is 31.0 Å². The molecule has 0 bridgehead atoms. The van der Waals surface area contributed by atoms with E-state index >= 15 is 0 Å². The van der Waals surface area contributed by atoms with E-state index in [0.29, 0.717) is 12.0 Å². The predicted molar refractivity (Wildman–Crippen MR) is 84.3 cm³/mol. The summed E-state index contributed by atoms with van der Waals surface area (Å²) < 4.78 is 18.8. The summed E-state index contributed by atoms with van der Waals surface area (Å²) in [5, 5.41) is 2.92. The first kappa shape index (κ1) is 16.0. The van der Waals surface area contributed by atoms with Crippen molar-refractivity contribution in [2.75, 3.05) is 7.11 Å². The molecule has 0 radical (unpaired) electrons. The molecule has 0 aliphatic carbocycles. The van der Waals surface area contributed by atoms with Crippen LogP contribution in [0.1, 0.15) is 30.5 Å². The third-order valence-corrected chi connectivity index (χ3v) is 3.56. The van der Waals surface area contributed by atoms with Crippen LogP contribution in [0.5, 0.6) is 5.75 Å². The van der Waals surface area contributed by atoms with Gasteiger partial charge in [-0.1, -0.05) is 36.4 Å². The lowest BCUT2D eigenvalue weighted by molar-refractivity contribution is -0.121. The summed E-state index contributed by atoms with van der Waals surface area (Å²) in [6.07, 6.45) is 0.636. The number of carbonyl (C=O) groups excluding carboxylic acids is 1. The number of amides is 1. The Kier molecular flexibility index (Phi) is 5.53. The zero-order valence-electron chi connectivity index (χ0n) is 12.8. The number of benzene rings is 2. The van der Waals surface area contributed by atoms with Crippen LogP contribution in [0, 0.1) is 5.82 Å². The van der Waals surface area contributed by atoms with Crippen LogP contribution in [-0.2, 0) is 11.2 Å². The first-order valence-electron chi connectivity index (χ1n) is 7.27. The van der Waals surface area contributed by atoms with Gasteiger partial charge in [0.15, 0.2) is 0 Å². The minimum atomic E-state index is -0.270. The lowest BCUT2D eigenvalue weighted by atomic mass is 10.1. The summed E-state index contributed by atoms with van der Waals surface area (Å²) >= 11 is 0. The number of nitrogens with one attached hydrogen (secondary N) is 1. The highest BCUT2D eigenvalue weighted by Gasteiger charge is 2.14. The minimum absolute atomic E-state index is 0.110. The molecule has 0 unspecified atom stereocenters. The maximum absolute atomic E-state index is 13.5. The average molecular weight is 301 g/mol. The molecular formula is C18H20FNO2. The molecule has 0 aliphatic heterocycles. The van der Waals surface area contributed by atoms with E-state index in [9.17, 15) is 9.18 Å². The Morgan fingerprint density at radius 3 is 2.59 bits per heavy atom. The lowest BCUT2D eigenvalue weighted by Crippen LogP contribution is -2.27. The van der Waals surface area contributed by atoms with Crippen LogP contribution >= 0.6 is 0 Å². The highest BCUT2D eigenvalue weighted by atomic mass is 19.1. The largest absolute Gasteiger partial charge is 0.496 e. The third kappa shape index (κ3) is 4.07. The normalized spacial score (nSPS) is 11.8. The average Bonchev–Trinajstić information content (AvgIpc) is 2.54. The first-order valence-corrected chi connectivity index (χ1v) is 7.27. The zero-order valence-corrected chi connectivity index (χ0v) is 12.8. The highest BCUT2D eigenvalue weighted by molar-refractivity contribution is 5.76. The van der Waals surface area contributed by atoms with E-state index in [1.807, 2.05) is 31.2 Å². The molecule has 2 rings (SSSR count). The molecule has 0 aliphatic rings. The molecule has 0 fully saturated rings. The standard InChI is InChI=1S/C18H20FNO2/c1-13(15-8-4-6-10-17(15)22-2)20-18(21)12-11-14-7-3-5-9-16(14)19/h3-10,13H,11-12H2,1-2H3,(H,20,21)/t13-/m0/s1. The van der Waals surface area contributed by atoms with Crippen molar-refractivity contribution >= 4 is 5.91 Å². The molecule has 22 heavy (non-hydrogen) atoms. The van der Waals surface area contributed by atoms with Gasteiger partial charge in [0, 0.05) is 12.0 Å². The smallest absolute Gasteiger partial charge is 0.220 e. The molecule has 1 atom stereocenters. The molecule has 2 aromatic rings. The van der Waals surface area contributed by atoms with Crippen molar-refractivity contribution in [1.82, 2.24) is 5.32 Å². The quantitative estimate of drug-likeness (QED) is 0.884. The van der Waals surface area contributed by atoms with Gasteiger partial charge in [0.05, 0.1) is 13.2 Å². The van der Waals surface area contributed by atoms with Crippen molar-refractivity contribution in [1.29, 1.82) is 0 Å². The minimum Gasteiger partial charge on any atom is -0.496 e. The van der Waals surface area contributed by atoms with Crippen LogP contribution in [0.25, 0.3) is 0 Å². The number of para-hydroxylation sites is 1. The van der Waals surface area contributed by atoms with E-state index in [0.717, 1.165) is 11.3 Å². The van der Waals surface area contributed by atoms with Gasteiger partial charge in [-0.25, -0.2) is 4.39 Å². The monoisotopic (exact) mass is 301 g/mol. The van der Waals surface area contributed by atoms with Crippen molar-refractivity contribution < 1.29 is 13.9 Å². The molecule has 4 heteroatoms. The fraction of sp³-hybridized carbons (Fsp3) is 0.278. The Labute approximate surface area is 130 Å². The number of rotatable bonds is 6. The van der Waals surface area contributed by atoms with E-state index in [4.69, 9.17) is 4.74 Å². The number of aryl methyl sites for hydroxylation is 1. The maximum Gasteiger partial charge on any atom is 0.220 e. The fourth-order valence-electron chi connectivity index (χ4n) is 2.36. The van der Waals surface area contributed by atoms with Crippen molar-refractivity contribution in [3.05, 3.63) is 65.5 Å². The summed E-state index contributed by atoms with van der Waals surface area (Å²) in [4.78, 5) is 12.0. The Morgan fingerprint density at radius 2 is 1.86 bits per heavy atom. The van der Waals surface area contributed by atoms with Crippen LogP contribution < -0.4 is 10.1 Å². The van der Waals surface area contributed by atoms with E-state index in [-0.39, 0.29) is 24.2 Å². The van der Waals surface area contributed by atoms with Gasteiger partial charge in [0.2, 0.25) is 5.91 Å². The first-order chi connectivity index (χ1) is 10.6. The lowest BCUT2D eigenvalue weighted by Gasteiger charge is -2.17. The number of hydrogen-bond acceptors (Lipinski definition) is 2. The molecule has 1 amide bonds. The summed E-state index contributed by atoms with van der Waals surface area (Å²) in [5.74, 6) is 0.360. The maximum atomic E-state index is 13.5. The second kappa shape index (κ2) is 7.59. The van der Waals surface area contributed by atoms with E-state index < -0.39 is 0 Å². The van der Waals surface area contributed by atoms with Crippen molar-refractivity contribution in [3.8, 4) is 5.75 Å². The zero-order chi connectivity index (χ0) is 15.9. The summed E-state index contributed by atoms with van der Waals surface area (Å²) in [5.41, 5.74) is 1.48. The summed E-state index contributed by atoms with van der Waals surface area (Å²) in [6, 6.07) is 13.9. The highest BCUT2D eigenvalue weighted by Crippen LogP contribution is 2.24. The number of methoxy groups -OCH3 is 1. The summed E-state index contributed by atoms with van der Waals surface area (Å²) in [7, 11) is 1.60. The summed E-state index contributed by atoms with van der Waals surface area (Å²) in [6.45, 7) is 1.90. The molecule has 0 heterocycles. The van der Waals surface area contributed by atoms with Gasteiger partial charge >= 0.3 is 0 Å². The predicted octanol–water partition coefficient (Wildman–Crippen LogP) is 3.64. The number of halogens is 1. The van der Waals surface area contributed by atoms with Gasteiger partial charge in [0.25, 0.3) is 0 Å². The van der Waals surface area contributed by atoms with E-state index in [2.05, 4.69) is 5.32 Å². The van der Waals surface area contributed by atoms with Gasteiger partial charge in [-0.3, -0.25) is 4.79 Å². The van der Waals surface area contributed by atoms with Crippen molar-refractivity contribution in [2.45, 2.75) is 25.8 Å². The number of carbonyl (C=O) groups is 1. The van der Waals surface area contributed by atoms with E-state index in [1.54, 1.807) is 25.3 Å². The third-order valence-electron chi connectivity index (χ3n) is 3.56. The molecule has 1 N–H and O–H groups in total. The second-order valence-corrected chi connectivity index (χ2v) is 5.12. The van der Waals surface area contributed by atoms with Crippen molar-refractivity contribution in [3.63, 3.8) is 0 Å². The van der Waals surface area contributed by atoms with E-state index in [1.165, 1.54) is 6.07 Å². The van der Waals surface area contributed by atoms with Crippen LogP contribution in [-0.4, -0.2) is 13.0 Å². The van der Waals surface area contributed by atoms with Crippen LogP contribution in [0.15, 0.2) is 48.5 Å². The topological polar surface area (TPSA) is 38.3 Å². The number of hydrogen-bond donors (Lipinski definition) is 1. The molecule has 2 aromatic carbocycles. The molecule has 0 spiro atoms. The van der Waals surface area contributed by atoms with Crippen LogP contribution in [0.3, 0.4) is 0 Å². The Balaban J connectivity index is 1.93. The van der Waals surface area contributed by atoms with Gasteiger partial charge in [-0.15, -0.1) is 0 Å². The Bertz CT molecular complexity index is 642. The Morgan fingerprint density at radius 1 is 1.18 bits per heavy atom. The molecule has 0 saturated carbocycles. The van der Waals surface area contributed by atoms with Gasteiger partial charge in [-0.2, -0.15) is 0 Å². The van der Waals surface area contributed by atoms with Crippen LogP contribution in [0.2, 0.25) is 0 Å². The number of ether oxygens (including phenoxy) is 1. The van der Waals surface area contributed by atoms with Gasteiger partial charge < -0.3 is 10.1 Å². The molecule has 0 saturated heterocycles. The van der Waals surface area contributed by atoms with Crippen molar-refractivity contribution in [2.24, 2.45) is 0 Å². The van der Waals surface area contributed by atoms with Crippen LogP contribution in [0.4, 0.5) is 4.39 Å². The fourth-order valence-corrected chi connectivity index (χ4v) is 2.36. The SMILES string of the molecule is COc1ccccc1[C@H](C)NC(=O)CCc1ccccc1F. The Hall–Kier alpha value is -2.36. The molecular weight excluding hydrogens is 281 g/mol. The molecule has 0 aromatic heterocycles. The second-order valence-electron chi connectivity index (χ2n) is 5.12. The van der Waals surface area contributed by atoms with Gasteiger partial charge in [0.1, 0.15) is 11.6 Å².